The molecule has 4 saturated carbocycles. The molecule has 4 heteroatoms. The predicted molar refractivity (Wildman–Crippen MR) is 100 cm³/mol. The van der Waals surface area contributed by atoms with Crippen molar-refractivity contribution in [3.8, 4) is 0 Å². The summed E-state index contributed by atoms with van der Waals surface area (Å²) in [4.78, 5) is 11.8. The molecule has 0 atom stereocenters. The summed E-state index contributed by atoms with van der Waals surface area (Å²) in [6.45, 7) is 6.73. The highest BCUT2D eigenvalue weighted by Gasteiger charge is 2.50. The fourth-order valence-electron chi connectivity index (χ4n) is 6.85. The van der Waals surface area contributed by atoms with Crippen molar-refractivity contribution in [2.75, 3.05) is 25.0 Å². The van der Waals surface area contributed by atoms with Gasteiger partial charge in [0.1, 0.15) is 12.1 Å². The summed E-state index contributed by atoms with van der Waals surface area (Å²) in [6, 6.07) is 0. The summed E-state index contributed by atoms with van der Waals surface area (Å²) in [5.74, 6) is 4.21. The van der Waals surface area contributed by atoms with Crippen molar-refractivity contribution >= 4 is 5.82 Å². The molecule has 0 saturated heterocycles. The second-order valence-electron chi connectivity index (χ2n) is 9.44. The van der Waals surface area contributed by atoms with Crippen molar-refractivity contribution in [2.24, 2.45) is 23.2 Å². The van der Waals surface area contributed by atoms with E-state index in [0.29, 0.717) is 5.41 Å². The first-order chi connectivity index (χ1) is 12.2. The summed E-state index contributed by atoms with van der Waals surface area (Å²) >= 11 is 0. The van der Waals surface area contributed by atoms with Gasteiger partial charge in [0.25, 0.3) is 0 Å². The average Bonchev–Trinajstić information content (AvgIpc) is 2.59. The molecule has 4 bridgehead atoms. The lowest BCUT2D eigenvalue weighted by molar-refractivity contribution is -0.0444. The summed E-state index contributed by atoms with van der Waals surface area (Å²) in [6.07, 6.45) is 13.0. The monoisotopic (exact) mass is 340 g/mol. The number of nitrogens with one attached hydrogen (secondary N) is 1. The van der Waals surface area contributed by atoms with Crippen LogP contribution in [0, 0.1) is 23.2 Å². The van der Waals surface area contributed by atoms with E-state index in [1.165, 1.54) is 62.7 Å². The van der Waals surface area contributed by atoms with E-state index in [2.05, 4.69) is 27.1 Å². The molecule has 4 nitrogen and oxygen atoms in total. The van der Waals surface area contributed by atoms with Gasteiger partial charge in [0.15, 0.2) is 0 Å². The first kappa shape index (κ1) is 16.0. The van der Waals surface area contributed by atoms with Crippen LogP contribution in [0.1, 0.15) is 63.1 Å². The Hall–Kier alpha value is -1.16. The van der Waals surface area contributed by atoms with Gasteiger partial charge in [-0.25, -0.2) is 9.97 Å². The second kappa shape index (κ2) is 6.22. The van der Waals surface area contributed by atoms with Gasteiger partial charge < -0.3 is 5.32 Å². The van der Waals surface area contributed by atoms with Gasteiger partial charge in [-0.2, -0.15) is 0 Å². The van der Waals surface area contributed by atoms with Crippen molar-refractivity contribution in [3.63, 3.8) is 0 Å². The first-order valence-electron chi connectivity index (χ1n) is 10.5. The molecule has 5 aliphatic rings. The Balaban J connectivity index is 1.30. The number of hydrogen-bond donors (Lipinski definition) is 1. The number of aromatic nitrogens is 2. The molecule has 136 valence electrons. The van der Waals surface area contributed by atoms with Crippen LogP contribution in [-0.2, 0) is 13.0 Å². The summed E-state index contributed by atoms with van der Waals surface area (Å²) in [5.41, 5.74) is 3.21. The van der Waals surface area contributed by atoms with Crippen molar-refractivity contribution in [3.05, 3.63) is 17.6 Å². The average molecular weight is 341 g/mol. The van der Waals surface area contributed by atoms with Crippen LogP contribution in [0.3, 0.4) is 0 Å². The highest BCUT2D eigenvalue weighted by Crippen LogP contribution is 2.59. The van der Waals surface area contributed by atoms with Gasteiger partial charge in [-0.3, -0.25) is 4.90 Å². The van der Waals surface area contributed by atoms with E-state index in [1.54, 1.807) is 6.33 Å². The van der Waals surface area contributed by atoms with Gasteiger partial charge in [-0.15, -0.1) is 0 Å². The van der Waals surface area contributed by atoms with Crippen molar-refractivity contribution in [2.45, 2.75) is 64.8 Å². The minimum Gasteiger partial charge on any atom is -0.369 e. The Bertz CT molecular complexity index is 605. The summed E-state index contributed by atoms with van der Waals surface area (Å²) < 4.78 is 0. The number of anilines is 1. The Morgan fingerprint density at radius 2 is 1.84 bits per heavy atom. The molecule has 2 heterocycles. The second-order valence-corrected chi connectivity index (χ2v) is 9.44. The lowest BCUT2D eigenvalue weighted by atomic mass is 9.49. The lowest BCUT2D eigenvalue weighted by Crippen LogP contribution is -2.49. The molecule has 6 rings (SSSR count). The molecular formula is C21H32N4. The van der Waals surface area contributed by atoms with Gasteiger partial charge in [0.05, 0.1) is 5.69 Å². The molecule has 4 aliphatic carbocycles. The van der Waals surface area contributed by atoms with Crippen LogP contribution >= 0.6 is 0 Å². The zero-order chi connectivity index (χ0) is 16.9. The van der Waals surface area contributed by atoms with Crippen LogP contribution in [0.2, 0.25) is 0 Å². The highest BCUT2D eigenvalue weighted by atomic mass is 15.1. The lowest BCUT2D eigenvalue weighted by Gasteiger charge is -2.57. The molecular weight excluding hydrogens is 308 g/mol. The van der Waals surface area contributed by atoms with Crippen molar-refractivity contribution in [1.82, 2.24) is 14.9 Å². The predicted octanol–water partition coefficient (Wildman–Crippen LogP) is 3.87. The standard InChI is InChI=1S/C21H32N4/c1-2-4-25-5-3-18-19(12-25)23-14-24-20(18)22-13-21-9-15-6-16(10-21)8-17(7-15)11-21/h14-17H,2-13H2,1H3,(H,22,23,24). The number of fused-ring (bicyclic) bond motifs is 1. The van der Waals surface area contributed by atoms with E-state index in [-0.39, 0.29) is 0 Å². The number of nitrogens with zero attached hydrogens (tertiary/aromatic N) is 3. The van der Waals surface area contributed by atoms with Crippen LogP contribution < -0.4 is 5.32 Å². The molecule has 0 spiro atoms. The molecule has 1 aliphatic heterocycles. The zero-order valence-electron chi connectivity index (χ0n) is 15.6. The van der Waals surface area contributed by atoms with Gasteiger partial charge in [0, 0.05) is 25.2 Å². The zero-order valence-corrected chi connectivity index (χ0v) is 15.6. The quantitative estimate of drug-likeness (QED) is 0.883. The Morgan fingerprint density at radius 1 is 1.12 bits per heavy atom. The molecule has 0 amide bonds. The van der Waals surface area contributed by atoms with E-state index in [0.717, 1.165) is 49.6 Å². The fraction of sp³-hybridized carbons (Fsp3) is 0.810. The maximum atomic E-state index is 4.64. The smallest absolute Gasteiger partial charge is 0.132 e. The molecule has 0 aromatic carbocycles. The van der Waals surface area contributed by atoms with Crippen LogP contribution in [0.4, 0.5) is 5.82 Å². The normalized spacial score (nSPS) is 36.4. The number of rotatable bonds is 5. The van der Waals surface area contributed by atoms with Crippen LogP contribution in [-0.4, -0.2) is 34.5 Å². The minimum atomic E-state index is 0.565. The molecule has 0 unspecified atom stereocenters. The number of hydrogen-bond acceptors (Lipinski definition) is 4. The maximum absolute atomic E-state index is 4.64. The minimum absolute atomic E-state index is 0.565. The van der Waals surface area contributed by atoms with Gasteiger partial charge in [-0.05, 0) is 81.1 Å². The SMILES string of the molecule is CCCN1CCc2c(ncnc2NCC23CC4CC(CC(C4)C2)C3)C1. The summed E-state index contributed by atoms with van der Waals surface area (Å²) in [5, 5.41) is 3.81. The van der Waals surface area contributed by atoms with E-state index in [9.17, 15) is 0 Å². The Labute approximate surface area is 151 Å². The fourth-order valence-corrected chi connectivity index (χ4v) is 6.85. The molecule has 1 aromatic heterocycles. The molecule has 25 heavy (non-hydrogen) atoms. The Kier molecular flexibility index (Phi) is 3.99. The van der Waals surface area contributed by atoms with E-state index in [1.807, 2.05) is 0 Å². The highest BCUT2D eigenvalue weighted by molar-refractivity contribution is 5.47. The largest absolute Gasteiger partial charge is 0.369 e. The van der Waals surface area contributed by atoms with E-state index < -0.39 is 0 Å². The maximum Gasteiger partial charge on any atom is 0.132 e. The van der Waals surface area contributed by atoms with E-state index in [4.69, 9.17) is 0 Å². The third kappa shape index (κ3) is 2.97. The van der Waals surface area contributed by atoms with Crippen molar-refractivity contribution < 1.29 is 0 Å². The topological polar surface area (TPSA) is 41.1 Å². The van der Waals surface area contributed by atoms with Crippen LogP contribution in [0.5, 0.6) is 0 Å². The third-order valence-electron chi connectivity index (χ3n) is 7.42. The van der Waals surface area contributed by atoms with Gasteiger partial charge in [0.2, 0.25) is 0 Å². The molecule has 1 aromatic rings. The van der Waals surface area contributed by atoms with Crippen molar-refractivity contribution in [1.29, 1.82) is 0 Å². The summed E-state index contributed by atoms with van der Waals surface area (Å²) in [7, 11) is 0. The molecule has 0 radical (unpaired) electrons. The van der Waals surface area contributed by atoms with Crippen LogP contribution in [0.15, 0.2) is 6.33 Å². The first-order valence-corrected chi connectivity index (χ1v) is 10.5. The molecule has 1 N–H and O–H groups in total. The van der Waals surface area contributed by atoms with Gasteiger partial charge >= 0.3 is 0 Å². The van der Waals surface area contributed by atoms with Gasteiger partial charge in [-0.1, -0.05) is 6.92 Å². The van der Waals surface area contributed by atoms with E-state index >= 15 is 0 Å². The molecule has 4 fully saturated rings. The van der Waals surface area contributed by atoms with Crippen LogP contribution in [0.25, 0.3) is 0 Å². The Morgan fingerprint density at radius 3 is 2.52 bits per heavy atom. The third-order valence-corrected chi connectivity index (χ3v) is 7.42.